The number of urea groups is 1. The average Bonchev–Trinajstić information content (AvgIpc) is 3.23. The van der Waals surface area contributed by atoms with Crippen molar-refractivity contribution >= 4 is 51.9 Å². The normalized spacial score (nSPS) is 24.3. The Morgan fingerprint density at radius 1 is 1.04 bits per heavy atom. The number of nitrogens with zero attached hydrogens (tertiary/aromatic N) is 2. The fourth-order valence-corrected chi connectivity index (χ4v) is 7.53. The fraction of sp³-hybridized carbons (Fsp3) is 0.719. The van der Waals surface area contributed by atoms with Crippen molar-refractivity contribution in [1.29, 1.82) is 0 Å². The lowest BCUT2D eigenvalue weighted by Crippen LogP contribution is -2.62. The molecule has 2 heterocycles. The number of piperidine rings is 1. The number of fused-ring (bicyclic) bond motifs is 1. The van der Waals surface area contributed by atoms with Gasteiger partial charge < -0.3 is 31.9 Å². The highest BCUT2D eigenvalue weighted by Crippen LogP contribution is 2.59. The van der Waals surface area contributed by atoms with Gasteiger partial charge in [-0.25, -0.2) is 9.78 Å². The molecule has 254 valence electrons. The Morgan fingerprint density at radius 3 is 2.22 bits per heavy atom. The smallest absolute Gasteiger partial charge is 0.316 e. The van der Waals surface area contributed by atoms with Crippen LogP contribution in [0.15, 0.2) is 11.6 Å². The first-order valence-corrected chi connectivity index (χ1v) is 17.1. The van der Waals surface area contributed by atoms with Gasteiger partial charge in [-0.2, -0.15) is 0 Å². The number of nitrogens with one attached hydrogen (secondary N) is 4. The molecule has 0 radical (unpaired) electrons. The molecule has 1 aromatic rings. The van der Waals surface area contributed by atoms with Crippen LogP contribution in [0.2, 0.25) is 0 Å². The lowest BCUT2D eigenvalue weighted by atomic mass is 9.80. The molecular formula is C32H49N7O6S. The molecular weight excluding hydrogens is 610 g/mol. The number of primary amides is 1. The molecule has 7 atom stereocenters. The van der Waals surface area contributed by atoms with Gasteiger partial charge in [0, 0.05) is 18.1 Å². The Kier molecular flexibility index (Phi) is 10.8. The Morgan fingerprint density at radius 2 is 1.72 bits per heavy atom. The summed E-state index contributed by atoms with van der Waals surface area (Å²) in [4.78, 5) is 84.7. The zero-order valence-corrected chi connectivity index (χ0v) is 28.6. The van der Waals surface area contributed by atoms with Crippen molar-refractivity contribution in [3.05, 3.63) is 11.6 Å². The molecule has 0 aromatic carbocycles. The van der Waals surface area contributed by atoms with Crippen molar-refractivity contribution in [3.8, 4) is 0 Å². The second kappa shape index (κ2) is 14.1. The quantitative estimate of drug-likeness (QED) is 0.201. The number of anilines is 1. The van der Waals surface area contributed by atoms with Gasteiger partial charge in [0.05, 0.1) is 6.04 Å². The molecule has 46 heavy (non-hydrogen) atoms. The number of amides is 6. The van der Waals surface area contributed by atoms with Gasteiger partial charge in [0.15, 0.2) is 5.13 Å². The average molecular weight is 660 g/mol. The third-order valence-corrected chi connectivity index (χ3v) is 10.4. The summed E-state index contributed by atoms with van der Waals surface area (Å²) >= 11 is 1.26. The number of ketones is 1. The monoisotopic (exact) mass is 659 g/mol. The van der Waals surface area contributed by atoms with Crippen LogP contribution in [0.25, 0.3) is 0 Å². The van der Waals surface area contributed by atoms with E-state index in [9.17, 15) is 28.8 Å². The van der Waals surface area contributed by atoms with E-state index in [2.05, 4.69) is 40.1 Å². The lowest BCUT2D eigenvalue weighted by molar-refractivity contribution is -0.145. The van der Waals surface area contributed by atoms with E-state index >= 15 is 0 Å². The van der Waals surface area contributed by atoms with E-state index in [0.717, 1.165) is 19.3 Å². The van der Waals surface area contributed by atoms with E-state index in [1.807, 2.05) is 20.8 Å². The zero-order valence-electron chi connectivity index (χ0n) is 27.8. The molecule has 13 nitrogen and oxygen atoms in total. The van der Waals surface area contributed by atoms with Gasteiger partial charge in [-0.15, -0.1) is 11.3 Å². The number of Topliss-reactive ketones (excluding diaryl/α,β-unsaturated/α-hetero) is 1. The second-order valence-electron chi connectivity index (χ2n) is 14.8. The molecule has 1 aliphatic heterocycles. The number of thiazole rings is 1. The summed E-state index contributed by atoms with van der Waals surface area (Å²) in [5.74, 6) is -2.83. The Balaban J connectivity index is 1.52. The summed E-state index contributed by atoms with van der Waals surface area (Å²) in [6.07, 6.45) is 4.75. The summed E-state index contributed by atoms with van der Waals surface area (Å²) in [7, 11) is 0. The first-order chi connectivity index (χ1) is 21.5. The maximum Gasteiger partial charge on any atom is 0.316 e. The van der Waals surface area contributed by atoms with Gasteiger partial charge in [-0.1, -0.05) is 67.7 Å². The highest BCUT2D eigenvalue weighted by molar-refractivity contribution is 7.13. The molecule has 2 saturated carbocycles. The molecule has 2 aliphatic carbocycles. The highest BCUT2D eigenvalue weighted by Gasteiger charge is 2.65. The van der Waals surface area contributed by atoms with Crippen molar-refractivity contribution in [2.45, 2.75) is 98.3 Å². The van der Waals surface area contributed by atoms with Crippen LogP contribution >= 0.6 is 11.3 Å². The van der Waals surface area contributed by atoms with Crippen molar-refractivity contribution in [2.24, 2.45) is 46.7 Å². The molecule has 3 aliphatic rings. The largest absolute Gasteiger partial charge is 0.363 e. The number of likely N-dealkylation sites (tertiary alicyclic amines) is 1. The maximum absolute atomic E-state index is 14.3. The van der Waals surface area contributed by atoms with Gasteiger partial charge in [0.1, 0.15) is 18.1 Å². The minimum atomic E-state index is -1.10. The summed E-state index contributed by atoms with van der Waals surface area (Å²) in [6, 6.07) is -4.55. The number of hydrogen-bond donors (Lipinski definition) is 5. The van der Waals surface area contributed by atoms with Gasteiger partial charge in [0.2, 0.25) is 23.5 Å². The van der Waals surface area contributed by atoms with Crippen LogP contribution < -0.4 is 27.0 Å². The zero-order chi connectivity index (χ0) is 34.1. The van der Waals surface area contributed by atoms with E-state index in [1.165, 1.54) is 16.2 Å². The van der Waals surface area contributed by atoms with Crippen LogP contribution in [0.1, 0.15) is 74.1 Å². The molecule has 1 aromatic heterocycles. The number of nitrogens with two attached hydrogens (primary N) is 1. The van der Waals surface area contributed by atoms with Crippen molar-refractivity contribution in [3.63, 3.8) is 0 Å². The topological polar surface area (TPSA) is 193 Å². The maximum atomic E-state index is 14.3. The number of carbonyl (C=O) groups is 6. The number of hydrogen-bond acceptors (Lipinski definition) is 8. The Bertz CT molecular complexity index is 1320. The predicted molar refractivity (Wildman–Crippen MR) is 173 cm³/mol. The third kappa shape index (κ3) is 7.87. The SMILES string of the molecule is CC(C)C1[C@H]2[C@@H]1CN(C(=O)[C@@H](NC(=O)N[C@H](C(=O)Nc1nccs1)C(C)C)C(C)(C)C)[C@@H]2C(=O)NC(CC1CCC1)C(=O)C(N)=O. The van der Waals surface area contributed by atoms with E-state index in [0.29, 0.717) is 18.1 Å². The van der Waals surface area contributed by atoms with E-state index in [1.54, 1.807) is 25.4 Å². The van der Waals surface area contributed by atoms with Crippen molar-refractivity contribution < 1.29 is 28.8 Å². The van der Waals surface area contributed by atoms with Gasteiger partial charge in [-0.05, 0) is 47.3 Å². The van der Waals surface area contributed by atoms with Crippen LogP contribution in [0.3, 0.4) is 0 Å². The first kappa shape index (κ1) is 35.3. The summed E-state index contributed by atoms with van der Waals surface area (Å²) in [5.41, 5.74) is 4.58. The lowest BCUT2D eigenvalue weighted by Gasteiger charge is -2.38. The standard InChI is InChI=1S/C32H49N7O6S/c1-15(2)20-18-14-39(23(21(18)20)28(43)35-19(24(40)26(33)41)13-17-9-8-10-17)29(44)25(32(5,6)7)37-30(45)36-22(16(3)4)27(42)38-31-34-11-12-46-31/h11-12,15-23,25H,8-10,13-14H2,1-7H3,(H2,33,41)(H,35,43)(H,34,38,42)(H2,36,37,45)/t18-,19?,20?,21-,22+,23+,25-/m1/s1. The van der Waals surface area contributed by atoms with Crippen LogP contribution in [0.4, 0.5) is 9.93 Å². The van der Waals surface area contributed by atoms with E-state index in [4.69, 9.17) is 5.73 Å². The van der Waals surface area contributed by atoms with Gasteiger partial charge in [0.25, 0.3) is 5.91 Å². The molecule has 0 bridgehead atoms. The number of rotatable bonds is 13. The number of aromatic nitrogens is 1. The fourth-order valence-electron chi connectivity index (χ4n) is 7.00. The molecule has 6 N–H and O–H groups in total. The van der Waals surface area contributed by atoms with Crippen LogP contribution in [0.5, 0.6) is 0 Å². The molecule has 1 saturated heterocycles. The summed E-state index contributed by atoms with van der Waals surface area (Å²) in [6.45, 7) is 13.5. The van der Waals surface area contributed by atoms with Crippen molar-refractivity contribution in [1.82, 2.24) is 25.8 Å². The van der Waals surface area contributed by atoms with Crippen LogP contribution in [-0.2, 0) is 24.0 Å². The highest BCUT2D eigenvalue weighted by atomic mass is 32.1. The summed E-state index contributed by atoms with van der Waals surface area (Å²) < 4.78 is 0. The molecule has 14 heteroatoms. The first-order valence-electron chi connectivity index (χ1n) is 16.2. The molecule has 0 spiro atoms. The van der Waals surface area contributed by atoms with Gasteiger partial charge in [-0.3, -0.25) is 24.0 Å². The molecule has 6 amide bonds. The molecule has 2 unspecified atom stereocenters. The molecule has 3 fully saturated rings. The Labute approximate surface area is 274 Å². The molecule has 4 rings (SSSR count). The second-order valence-corrected chi connectivity index (χ2v) is 15.7. The number of carbonyl (C=O) groups excluding carboxylic acids is 6. The van der Waals surface area contributed by atoms with E-state index < -0.39 is 65.0 Å². The van der Waals surface area contributed by atoms with Gasteiger partial charge >= 0.3 is 6.03 Å². The minimum absolute atomic E-state index is 0.103. The van der Waals surface area contributed by atoms with Crippen LogP contribution in [0, 0.1) is 40.9 Å². The summed E-state index contributed by atoms with van der Waals surface area (Å²) in [5, 5.41) is 13.1. The van der Waals surface area contributed by atoms with E-state index in [-0.39, 0.29) is 35.5 Å². The Hall–Kier alpha value is -3.55. The van der Waals surface area contributed by atoms with Crippen molar-refractivity contribution in [2.75, 3.05) is 11.9 Å². The van der Waals surface area contributed by atoms with Crippen LogP contribution in [-0.4, -0.2) is 76.0 Å². The third-order valence-electron chi connectivity index (χ3n) is 9.68. The predicted octanol–water partition coefficient (Wildman–Crippen LogP) is 2.28. The minimum Gasteiger partial charge on any atom is -0.363 e.